The van der Waals surface area contributed by atoms with Crippen molar-refractivity contribution in [3.63, 3.8) is 0 Å². The lowest BCUT2D eigenvalue weighted by molar-refractivity contribution is -0.113. The van der Waals surface area contributed by atoms with Gasteiger partial charge in [0.05, 0.1) is 24.2 Å². The van der Waals surface area contributed by atoms with Gasteiger partial charge in [-0.1, -0.05) is 48.2 Å². The zero-order valence-corrected chi connectivity index (χ0v) is 18.4. The van der Waals surface area contributed by atoms with Crippen molar-refractivity contribution >= 4 is 23.5 Å². The first-order valence-electron chi connectivity index (χ1n) is 9.87. The monoisotopic (exact) mass is 433 g/mol. The van der Waals surface area contributed by atoms with Gasteiger partial charge in [0.25, 0.3) is 0 Å². The predicted molar refractivity (Wildman–Crippen MR) is 120 cm³/mol. The molecule has 2 heterocycles. The molecule has 158 valence electrons. The summed E-state index contributed by atoms with van der Waals surface area (Å²) in [6, 6.07) is 15.9. The summed E-state index contributed by atoms with van der Waals surface area (Å²) in [6.45, 7) is 6.73. The molecule has 0 bridgehead atoms. The molecule has 1 amide bonds. The Balaban J connectivity index is 1.42. The highest BCUT2D eigenvalue weighted by atomic mass is 32.2. The minimum Gasteiger partial charge on any atom is -0.310 e. The number of benzene rings is 2. The van der Waals surface area contributed by atoms with Crippen molar-refractivity contribution in [1.82, 2.24) is 30.0 Å². The van der Waals surface area contributed by atoms with Gasteiger partial charge in [-0.15, -0.1) is 5.10 Å². The third-order valence-corrected chi connectivity index (χ3v) is 6.06. The molecular formula is C22H23N7OS. The number of aryl methyl sites for hydroxylation is 2. The van der Waals surface area contributed by atoms with Crippen molar-refractivity contribution in [2.45, 2.75) is 32.5 Å². The van der Waals surface area contributed by atoms with Crippen molar-refractivity contribution in [2.75, 3.05) is 11.1 Å². The lowest BCUT2D eigenvalue weighted by Gasteiger charge is -2.11. The van der Waals surface area contributed by atoms with Crippen LogP contribution in [0.4, 0.5) is 5.82 Å². The van der Waals surface area contributed by atoms with Gasteiger partial charge in [0.1, 0.15) is 5.82 Å². The third kappa shape index (κ3) is 4.66. The van der Waals surface area contributed by atoms with Gasteiger partial charge in [-0.25, -0.2) is 4.68 Å². The summed E-state index contributed by atoms with van der Waals surface area (Å²) in [5, 5.41) is 19.8. The zero-order chi connectivity index (χ0) is 21.8. The van der Waals surface area contributed by atoms with Gasteiger partial charge in [0.15, 0.2) is 0 Å². The summed E-state index contributed by atoms with van der Waals surface area (Å²) in [5.41, 5.74) is 5.50. The van der Waals surface area contributed by atoms with Crippen molar-refractivity contribution in [1.29, 1.82) is 0 Å². The maximum atomic E-state index is 12.6. The molecule has 2 aromatic heterocycles. The van der Waals surface area contributed by atoms with Crippen LogP contribution in [0, 0.1) is 20.8 Å². The van der Waals surface area contributed by atoms with Crippen molar-refractivity contribution in [3.8, 4) is 5.69 Å². The van der Waals surface area contributed by atoms with E-state index in [1.165, 1.54) is 17.3 Å². The number of nitrogens with one attached hydrogen (secondary N) is 1. The van der Waals surface area contributed by atoms with Crippen LogP contribution in [-0.2, 0) is 11.3 Å². The van der Waals surface area contributed by atoms with E-state index in [2.05, 4.69) is 45.0 Å². The fourth-order valence-corrected chi connectivity index (χ4v) is 3.89. The summed E-state index contributed by atoms with van der Waals surface area (Å²) in [4.78, 5) is 12.6. The van der Waals surface area contributed by atoms with Crippen LogP contribution >= 0.6 is 11.8 Å². The lowest BCUT2D eigenvalue weighted by atomic mass is 10.1. The van der Waals surface area contributed by atoms with Crippen LogP contribution in [-0.4, -0.2) is 41.6 Å². The first-order valence-corrected chi connectivity index (χ1v) is 10.9. The highest BCUT2D eigenvalue weighted by molar-refractivity contribution is 7.99. The second kappa shape index (κ2) is 9.13. The van der Waals surface area contributed by atoms with E-state index in [0.717, 1.165) is 22.4 Å². The number of hydrogen-bond acceptors (Lipinski definition) is 6. The molecule has 0 aliphatic rings. The molecule has 0 aliphatic carbocycles. The molecule has 2 aromatic carbocycles. The van der Waals surface area contributed by atoms with E-state index in [1.54, 1.807) is 21.6 Å². The van der Waals surface area contributed by atoms with Gasteiger partial charge < -0.3 is 5.32 Å². The predicted octanol–water partition coefficient (Wildman–Crippen LogP) is 3.56. The molecule has 8 nitrogen and oxygen atoms in total. The molecule has 31 heavy (non-hydrogen) atoms. The van der Waals surface area contributed by atoms with Crippen LogP contribution in [0.15, 0.2) is 59.9 Å². The molecule has 0 saturated heterocycles. The fourth-order valence-electron chi connectivity index (χ4n) is 3.21. The van der Waals surface area contributed by atoms with Crippen LogP contribution in [0.3, 0.4) is 0 Å². The second-order valence-electron chi connectivity index (χ2n) is 7.23. The van der Waals surface area contributed by atoms with Crippen molar-refractivity contribution in [3.05, 3.63) is 77.0 Å². The van der Waals surface area contributed by atoms with Gasteiger partial charge in [-0.05, 0) is 59.5 Å². The SMILES string of the molecule is Cc1ccccc1Cn1nccc1NC(=O)CSc1nnnn1-c1cccc(C)c1C. The zero-order valence-electron chi connectivity index (χ0n) is 17.6. The molecule has 1 N–H and O–H groups in total. The molecule has 4 aromatic rings. The minimum absolute atomic E-state index is 0.146. The lowest BCUT2D eigenvalue weighted by Crippen LogP contribution is -2.18. The number of rotatable bonds is 7. The van der Waals surface area contributed by atoms with Crippen LogP contribution in [0.25, 0.3) is 5.69 Å². The Kier molecular flexibility index (Phi) is 6.13. The Morgan fingerprint density at radius 2 is 1.84 bits per heavy atom. The minimum atomic E-state index is -0.146. The molecule has 4 rings (SSSR count). The quantitative estimate of drug-likeness (QED) is 0.448. The van der Waals surface area contributed by atoms with E-state index < -0.39 is 0 Å². The number of tetrazole rings is 1. The van der Waals surface area contributed by atoms with E-state index in [0.29, 0.717) is 17.5 Å². The van der Waals surface area contributed by atoms with Gasteiger partial charge in [-0.3, -0.25) is 4.79 Å². The van der Waals surface area contributed by atoms with E-state index in [4.69, 9.17) is 0 Å². The number of amides is 1. The Hall–Kier alpha value is -3.46. The molecule has 0 saturated carbocycles. The van der Waals surface area contributed by atoms with E-state index >= 15 is 0 Å². The second-order valence-corrected chi connectivity index (χ2v) is 8.17. The largest absolute Gasteiger partial charge is 0.310 e. The number of nitrogens with zero attached hydrogens (tertiary/aromatic N) is 6. The Labute approximate surface area is 184 Å². The van der Waals surface area contributed by atoms with Crippen LogP contribution in [0.2, 0.25) is 0 Å². The number of thioether (sulfide) groups is 1. The molecule has 0 aliphatic heterocycles. The Morgan fingerprint density at radius 3 is 2.68 bits per heavy atom. The van der Waals surface area contributed by atoms with Crippen LogP contribution in [0.1, 0.15) is 22.3 Å². The van der Waals surface area contributed by atoms with Crippen molar-refractivity contribution in [2.24, 2.45) is 0 Å². The number of anilines is 1. The fraction of sp³-hybridized carbons (Fsp3) is 0.227. The van der Waals surface area contributed by atoms with Crippen LogP contribution in [0.5, 0.6) is 0 Å². The standard InChI is InChI=1S/C22H23N7OS/c1-15-8-6-10-19(17(15)3)29-22(25-26-27-29)31-14-21(30)24-20-11-12-23-28(20)13-18-9-5-4-7-16(18)2/h4-12H,13-14H2,1-3H3,(H,24,30). The normalized spacial score (nSPS) is 10.9. The number of hydrogen-bond donors (Lipinski definition) is 1. The first-order chi connectivity index (χ1) is 15.0. The van der Waals surface area contributed by atoms with Crippen LogP contribution < -0.4 is 5.32 Å². The molecule has 0 spiro atoms. The Morgan fingerprint density at radius 1 is 1.03 bits per heavy atom. The molecule has 9 heteroatoms. The number of carbonyl (C=O) groups is 1. The number of aromatic nitrogens is 6. The molecule has 0 radical (unpaired) electrons. The average Bonchev–Trinajstić information content (AvgIpc) is 3.40. The topological polar surface area (TPSA) is 90.5 Å². The maximum Gasteiger partial charge on any atom is 0.235 e. The van der Waals surface area contributed by atoms with Gasteiger partial charge in [0.2, 0.25) is 11.1 Å². The summed E-state index contributed by atoms with van der Waals surface area (Å²) < 4.78 is 3.45. The smallest absolute Gasteiger partial charge is 0.235 e. The van der Waals surface area contributed by atoms with E-state index in [1.807, 2.05) is 44.2 Å². The average molecular weight is 434 g/mol. The molecule has 0 atom stereocenters. The van der Waals surface area contributed by atoms with Gasteiger partial charge in [0, 0.05) is 6.07 Å². The third-order valence-electron chi connectivity index (χ3n) is 5.14. The summed E-state index contributed by atoms with van der Waals surface area (Å²) in [5.74, 6) is 0.691. The summed E-state index contributed by atoms with van der Waals surface area (Å²) >= 11 is 1.29. The van der Waals surface area contributed by atoms with Gasteiger partial charge >= 0.3 is 0 Å². The molecular weight excluding hydrogens is 410 g/mol. The summed E-state index contributed by atoms with van der Waals surface area (Å²) in [6.07, 6.45) is 1.68. The highest BCUT2D eigenvalue weighted by Crippen LogP contribution is 2.22. The first kappa shape index (κ1) is 20.8. The molecule has 0 unspecified atom stereocenters. The maximum absolute atomic E-state index is 12.6. The molecule has 0 fully saturated rings. The summed E-state index contributed by atoms with van der Waals surface area (Å²) in [7, 11) is 0. The number of carbonyl (C=O) groups excluding carboxylic acids is 1. The van der Waals surface area contributed by atoms with Crippen molar-refractivity contribution < 1.29 is 4.79 Å². The van der Waals surface area contributed by atoms with Gasteiger partial charge in [-0.2, -0.15) is 9.78 Å². The van der Waals surface area contributed by atoms with E-state index in [9.17, 15) is 4.79 Å². The van der Waals surface area contributed by atoms with E-state index in [-0.39, 0.29) is 11.7 Å². The Bertz CT molecular complexity index is 1210. The highest BCUT2D eigenvalue weighted by Gasteiger charge is 2.15.